The third-order valence-corrected chi connectivity index (χ3v) is 7.99. The minimum absolute atomic E-state index is 0.219. The summed E-state index contributed by atoms with van der Waals surface area (Å²) in [5, 5.41) is 1.93. The van der Waals surface area contributed by atoms with Gasteiger partial charge in [0.15, 0.2) is 4.80 Å². The van der Waals surface area contributed by atoms with Gasteiger partial charge in [0.2, 0.25) is 0 Å². The molecule has 3 aromatic heterocycles. The Morgan fingerprint density at radius 3 is 2.74 bits per heavy atom. The first-order valence-corrected chi connectivity index (χ1v) is 13.3. The molecular weight excluding hydrogens is 583 g/mol. The predicted molar refractivity (Wildman–Crippen MR) is 142 cm³/mol. The first-order valence-electron chi connectivity index (χ1n) is 10.5. The van der Waals surface area contributed by atoms with E-state index in [-0.39, 0.29) is 12.2 Å². The molecule has 1 aliphatic heterocycles. The number of aromatic nitrogens is 1. The summed E-state index contributed by atoms with van der Waals surface area (Å²) in [4.78, 5) is 32.4. The van der Waals surface area contributed by atoms with Crippen LogP contribution in [-0.2, 0) is 9.53 Å². The number of carbonyl (C=O) groups excluding carboxylic acids is 1. The fourth-order valence-electron chi connectivity index (χ4n) is 3.84. The molecule has 6 nitrogen and oxygen atoms in total. The van der Waals surface area contributed by atoms with E-state index in [9.17, 15) is 9.59 Å². The minimum atomic E-state index is -0.573. The number of hydrogen-bond donors (Lipinski definition) is 0. The van der Waals surface area contributed by atoms with Gasteiger partial charge in [0.25, 0.3) is 5.56 Å². The number of allylic oxidation sites excluding steroid dienone is 1. The van der Waals surface area contributed by atoms with E-state index in [1.54, 1.807) is 24.5 Å². The van der Waals surface area contributed by atoms with Crippen molar-refractivity contribution in [2.24, 2.45) is 4.99 Å². The molecular formula is C25H19IN2O4S2. The number of thiophene rings is 1. The van der Waals surface area contributed by atoms with Crippen LogP contribution in [0.15, 0.2) is 79.4 Å². The van der Waals surface area contributed by atoms with Gasteiger partial charge in [0.1, 0.15) is 17.6 Å². The van der Waals surface area contributed by atoms with E-state index in [0.717, 1.165) is 19.8 Å². The van der Waals surface area contributed by atoms with Crippen molar-refractivity contribution in [2.75, 3.05) is 6.61 Å². The molecule has 0 amide bonds. The average Bonchev–Trinajstić information content (AvgIpc) is 3.56. The van der Waals surface area contributed by atoms with Crippen molar-refractivity contribution >= 4 is 57.3 Å². The summed E-state index contributed by atoms with van der Waals surface area (Å²) in [6.07, 6.45) is 1.73. The summed E-state index contributed by atoms with van der Waals surface area (Å²) in [5.41, 5.74) is 1.70. The Balaban J connectivity index is 1.61. The molecule has 4 aromatic rings. The van der Waals surface area contributed by atoms with Crippen molar-refractivity contribution in [3.8, 4) is 11.3 Å². The van der Waals surface area contributed by atoms with E-state index in [2.05, 4.69) is 27.6 Å². The second-order valence-electron chi connectivity index (χ2n) is 7.53. The van der Waals surface area contributed by atoms with Crippen molar-refractivity contribution in [3.05, 3.63) is 99.1 Å². The maximum absolute atomic E-state index is 13.5. The number of rotatable bonds is 5. The lowest BCUT2D eigenvalue weighted by Gasteiger charge is -2.23. The molecule has 172 valence electrons. The van der Waals surface area contributed by atoms with Crippen LogP contribution >= 0.6 is 45.3 Å². The number of furan rings is 1. The quantitative estimate of drug-likeness (QED) is 0.245. The summed E-state index contributed by atoms with van der Waals surface area (Å²) in [7, 11) is 0. The Bertz CT molecular complexity index is 1570. The molecule has 0 aliphatic carbocycles. The van der Waals surface area contributed by atoms with Crippen LogP contribution in [0.4, 0.5) is 0 Å². The number of benzene rings is 1. The molecule has 0 bridgehead atoms. The first kappa shape index (κ1) is 23.0. The summed E-state index contributed by atoms with van der Waals surface area (Å²) in [6.45, 7) is 3.79. The van der Waals surface area contributed by atoms with E-state index in [1.807, 2.05) is 53.9 Å². The number of halogens is 1. The number of carbonyl (C=O) groups is 1. The standard InChI is InChI=1S/C25H19IN2O4S2/c1-3-31-24(30)21-14(2)27-25-28(22(21)19-5-4-12-33-19)23(29)20(34-25)13-17-10-11-18(32-17)15-6-8-16(26)9-7-15/h4-13,22H,3H2,1-2H3/b20-13-/t22-/m1/s1. The van der Waals surface area contributed by atoms with Crippen molar-refractivity contribution in [1.82, 2.24) is 4.57 Å². The number of ether oxygens (including phenoxy) is 1. The van der Waals surface area contributed by atoms with Gasteiger partial charge in [0, 0.05) is 20.1 Å². The van der Waals surface area contributed by atoms with Gasteiger partial charge < -0.3 is 9.15 Å². The summed E-state index contributed by atoms with van der Waals surface area (Å²) >= 11 is 5.03. The minimum Gasteiger partial charge on any atom is -0.463 e. The van der Waals surface area contributed by atoms with Gasteiger partial charge >= 0.3 is 5.97 Å². The van der Waals surface area contributed by atoms with Crippen LogP contribution in [0.2, 0.25) is 0 Å². The summed E-state index contributed by atoms with van der Waals surface area (Å²) in [5.74, 6) is 0.852. The van der Waals surface area contributed by atoms with Crippen LogP contribution in [0.25, 0.3) is 17.4 Å². The van der Waals surface area contributed by atoms with Gasteiger partial charge in [-0.25, -0.2) is 9.79 Å². The summed E-state index contributed by atoms with van der Waals surface area (Å²) in [6, 6.07) is 15.0. The molecule has 0 saturated carbocycles. The molecule has 1 aliphatic rings. The fraction of sp³-hybridized carbons (Fsp3) is 0.160. The third kappa shape index (κ3) is 4.23. The Morgan fingerprint density at radius 1 is 1.24 bits per heavy atom. The largest absolute Gasteiger partial charge is 0.463 e. The maximum Gasteiger partial charge on any atom is 0.338 e. The highest BCUT2D eigenvalue weighted by atomic mass is 127. The van der Waals surface area contributed by atoms with Crippen LogP contribution in [-0.4, -0.2) is 17.1 Å². The normalized spacial score (nSPS) is 15.9. The van der Waals surface area contributed by atoms with Crippen molar-refractivity contribution in [3.63, 3.8) is 0 Å². The molecule has 0 N–H and O–H groups in total. The number of fused-ring (bicyclic) bond motifs is 1. The topological polar surface area (TPSA) is 73.8 Å². The lowest BCUT2D eigenvalue weighted by atomic mass is 10.0. The molecule has 0 unspecified atom stereocenters. The molecule has 0 spiro atoms. The molecule has 0 saturated heterocycles. The van der Waals surface area contributed by atoms with E-state index >= 15 is 0 Å². The number of hydrogen-bond acceptors (Lipinski definition) is 7. The van der Waals surface area contributed by atoms with Crippen molar-refractivity contribution in [1.29, 1.82) is 0 Å². The molecule has 5 rings (SSSR count). The first-order chi connectivity index (χ1) is 16.5. The smallest absolute Gasteiger partial charge is 0.338 e. The van der Waals surface area contributed by atoms with Gasteiger partial charge in [-0.2, -0.15) is 0 Å². The van der Waals surface area contributed by atoms with Gasteiger partial charge in [-0.1, -0.05) is 29.5 Å². The molecule has 1 atom stereocenters. The van der Waals surface area contributed by atoms with Gasteiger partial charge in [-0.3, -0.25) is 9.36 Å². The number of nitrogens with zero attached hydrogens (tertiary/aromatic N) is 2. The SMILES string of the molecule is CCOC(=O)C1=C(C)N=c2s/c(=C\c3ccc(-c4ccc(I)cc4)o3)c(=O)n2[C@@H]1c1cccs1. The zero-order valence-electron chi connectivity index (χ0n) is 18.3. The Hall–Kier alpha value is -2.76. The molecule has 34 heavy (non-hydrogen) atoms. The Kier molecular flexibility index (Phi) is 6.41. The highest BCUT2D eigenvalue weighted by Crippen LogP contribution is 2.33. The van der Waals surface area contributed by atoms with Crippen LogP contribution in [0.5, 0.6) is 0 Å². The third-order valence-electron chi connectivity index (χ3n) is 5.36. The van der Waals surface area contributed by atoms with Gasteiger partial charge in [-0.05, 0) is 72.2 Å². The Labute approximate surface area is 216 Å². The Morgan fingerprint density at radius 2 is 2.03 bits per heavy atom. The molecule has 0 fully saturated rings. The molecule has 1 aromatic carbocycles. The van der Waals surface area contributed by atoms with Crippen LogP contribution in [0.3, 0.4) is 0 Å². The van der Waals surface area contributed by atoms with Crippen LogP contribution < -0.4 is 14.9 Å². The number of esters is 1. The van der Waals surface area contributed by atoms with Gasteiger partial charge in [-0.15, -0.1) is 11.3 Å². The van der Waals surface area contributed by atoms with Crippen molar-refractivity contribution < 1.29 is 13.9 Å². The van der Waals surface area contributed by atoms with E-state index in [4.69, 9.17) is 9.15 Å². The summed E-state index contributed by atoms with van der Waals surface area (Å²) < 4.78 is 14.5. The van der Waals surface area contributed by atoms with E-state index in [0.29, 0.717) is 26.4 Å². The molecule has 9 heteroatoms. The average molecular weight is 602 g/mol. The monoisotopic (exact) mass is 602 g/mol. The van der Waals surface area contributed by atoms with E-state index < -0.39 is 12.0 Å². The van der Waals surface area contributed by atoms with Crippen LogP contribution in [0.1, 0.15) is 30.5 Å². The lowest BCUT2D eigenvalue weighted by molar-refractivity contribution is -0.139. The van der Waals surface area contributed by atoms with E-state index in [1.165, 1.54) is 22.7 Å². The number of thiazole rings is 1. The second-order valence-corrected chi connectivity index (χ2v) is 10.8. The maximum atomic E-state index is 13.5. The zero-order valence-corrected chi connectivity index (χ0v) is 22.1. The lowest BCUT2D eigenvalue weighted by Crippen LogP contribution is -2.39. The highest BCUT2D eigenvalue weighted by Gasteiger charge is 2.33. The molecule has 4 heterocycles. The van der Waals surface area contributed by atoms with Gasteiger partial charge in [0.05, 0.1) is 22.4 Å². The zero-order chi connectivity index (χ0) is 23.8. The van der Waals surface area contributed by atoms with Crippen molar-refractivity contribution in [2.45, 2.75) is 19.9 Å². The van der Waals surface area contributed by atoms with Crippen LogP contribution in [0, 0.1) is 3.57 Å². The molecule has 0 radical (unpaired) electrons. The fourth-order valence-corrected chi connectivity index (χ4v) is 6.05. The second kappa shape index (κ2) is 9.47. The highest BCUT2D eigenvalue weighted by molar-refractivity contribution is 14.1. The predicted octanol–water partition coefficient (Wildman–Crippen LogP) is 4.72.